The van der Waals surface area contributed by atoms with Crippen molar-refractivity contribution < 1.29 is 24.2 Å². The van der Waals surface area contributed by atoms with Gasteiger partial charge in [0.2, 0.25) is 0 Å². The topological polar surface area (TPSA) is 76.1 Å². The van der Waals surface area contributed by atoms with E-state index in [0.717, 1.165) is 5.56 Å². The molecule has 1 saturated heterocycles. The zero-order valence-corrected chi connectivity index (χ0v) is 12.6. The molecule has 6 nitrogen and oxygen atoms in total. The first-order valence-electron chi connectivity index (χ1n) is 7.31. The number of likely N-dealkylation sites (tertiary alicyclic amines) is 1. The van der Waals surface area contributed by atoms with Gasteiger partial charge in [0.1, 0.15) is 6.61 Å². The minimum absolute atomic E-state index is 0.145. The number of aliphatic hydroxyl groups excluding tert-OH is 1. The van der Waals surface area contributed by atoms with Crippen LogP contribution in [0.3, 0.4) is 0 Å². The van der Waals surface area contributed by atoms with Crippen LogP contribution in [0, 0.1) is 5.92 Å². The summed E-state index contributed by atoms with van der Waals surface area (Å²) in [5, 5.41) is 9.41. The number of aliphatic hydroxyl groups is 1. The first-order valence-corrected chi connectivity index (χ1v) is 7.31. The summed E-state index contributed by atoms with van der Waals surface area (Å²) in [6, 6.07) is 9.04. The first kappa shape index (κ1) is 16.3. The van der Waals surface area contributed by atoms with Crippen molar-refractivity contribution in [2.75, 3.05) is 20.3 Å². The summed E-state index contributed by atoms with van der Waals surface area (Å²) < 4.78 is 10.0. The average Bonchev–Trinajstić information content (AvgIpc) is 2.59. The van der Waals surface area contributed by atoms with E-state index < -0.39 is 6.09 Å². The van der Waals surface area contributed by atoms with E-state index in [-0.39, 0.29) is 37.7 Å². The van der Waals surface area contributed by atoms with Crippen molar-refractivity contribution in [3.05, 3.63) is 35.9 Å². The standard InChI is InChI=1S/C16H21NO5/c1-21-15(19)13-7-8-14(10-18)17(9-13)16(20)22-11-12-5-3-2-4-6-12/h2-6,13-14,18H,7-11H2,1H3/t13-,14-/m1/s1. The predicted octanol–water partition coefficient (Wildman–Crippen LogP) is 1.57. The summed E-state index contributed by atoms with van der Waals surface area (Å²) >= 11 is 0. The van der Waals surface area contributed by atoms with Crippen LogP contribution in [0.25, 0.3) is 0 Å². The summed E-state index contributed by atoms with van der Waals surface area (Å²) in [5.74, 6) is -0.700. The lowest BCUT2D eigenvalue weighted by Gasteiger charge is -2.36. The lowest BCUT2D eigenvalue weighted by molar-refractivity contribution is -0.147. The maximum absolute atomic E-state index is 12.2. The molecule has 0 bridgehead atoms. The van der Waals surface area contributed by atoms with E-state index in [2.05, 4.69) is 0 Å². The quantitative estimate of drug-likeness (QED) is 0.855. The van der Waals surface area contributed by atoms with Crippen LogP contribution >= 0.6 is 0 Å². The van der Waals surface area contributed by atoms with E-state index >= 15 is 0 Å². The van der Waals surface area contributed by atoms with Gasteiger partial charge in [-0.25, -0.2) is 4.79 Å². The molecular formula is C16H21NO5. The Balaban J connectivity index is 1.96. The average molecular weight is 307 g/mol. The monoisotopic (exact) mass is 307 g/mol. The number of piperidine rings is 1. The van der Waals surface area contributed by atoms with Gasteiger partial charge in [0.05, 0.1) is 25.7 Å². The summed E-state index contributed by atoms with van der Waals surface area (Å²) in [6.07, 6.45) is 0.633. The number of hydrogen-bond donors (Lipinski definition) is 1. The number of amides is 1. The highest BCUT2D eigenvalue weighted by molar-refractivity contribution is 5.75. The number of carbonyl (C=O) groups is 2. The molecule has 2 rings (SSSR count). The van der Waals surface area contributed by atoms with Crippen LogP contribution < -0.4 is 0 Å². The number of rotatable bonds is 4. The third kappa shape index (κ3) is 3.98. The molecule has 0 unspecified atom stereocenters. The molecular weight excluding hydrogens is 286 g/mol. The van der Waals surface area contributed by atoms with Crippen LogP contribution in [0.2, 0.25) is 0 Å². The van der Waals surface area contributed by atoms with Gasteiger partial charge in [-0.15, -0.1) is 0 Å². The SMILES string of the molecule is COC(=O)[C@@H]1CC[C@H](CO)N(C(=O)OCc2ccccc2)C1. The van der Waals surface area contributed by atoms with E-state index in [1.165, 1.54) is 12.0 Å². The number of hydrogen-bond acceptors (Lipinski definition) is 5. The highest BCUT2D eigenvalue weighted by Crippen LogP contribution is 2.24. The largest absolute Gasteiger partial charge is 0.469 e. The van der Waals surface area contributed by atoms with Crippen LogP contribution in [0.4, 0.5) is 4.79 Å². The van der Waals surface area contributed by atoms with Crippen LogP contribution in [0.5, 0.6) is 0 Å². The molecule has 1 fully saturated rings. The number of esters is 1. The Kier molecular flexibility index (Phi) is 5.77. The molecule has 1 aliphatic rings. The second-order valence-electron chi connectivity index (χ2n) is 5.33. The highest BCUT2D eigenvalue weighted by Gasteiger charge is 2.35. The second kappa shape index (κ2) is 7.79. The minimum Gasteiger partial charge on any atom is -0.469 e. The fourth-order valence-corrected chi connectivity index (χ4v) is 2.60. The maximum atomic E-state index is 12.2. The lowest BCUT2D eigenvalue weighted by atomic mass is 9.93. The van der Waals surface area contributed by atoms with Crippen molar-refractivity contribution in [2.45, 2.75) is 25.5 Å². The van der Waals surface area contributed by atoms with Crippen molar-refractivity contribution in [1.82, 2.24) is 4.90 Å². The highest BCUT2D eigenvalue weighted by atomic mass is 16.6. The van der Waals surface area contributed by atoms with Gasteiger partial charge in [-0.3, -0.25) is 4.79 Å². The smallest absolute Gasteiger partial charge is 0.410 e. The van der Waals surface area contributed by atoms with Crippen LogP contribution in [-0.4, -0.2) is 48.4 Å². The predicted molar refractivity (Wildman–Crippen MR) is 78.9 cm³/mol. The summed E-state index contributed by atoms with van der Waals surface area (Å²) in [4.78, 5) is 25.3. The molecule has 120 valence electrons. The number of carbonyl (C=O) groups excluding carboxylic acids is 2. The number of ether oxygens (including phenoxy) is 2. The minimum atomic E-state index is -0.517. The Morgan fingerprint density at radius 1 is 1.27 bits per heavy atom. The second-order valence-corrected chi connectivity index (χ2v) is 5.33. The molecule has 1 heterocycles. The molecule has 1 aliphatic heterocycles. The van der Waals surface area contributed by atoms with E-state index in [1.807, 2.05) is 30.3 Å². The molecule has 0 saturated carbocycles. The van der Waals surface area contributed by atoms with Crippen molar-refractivity contribution >= 4 is 12.1 Å². The van der Waals surface area contributed by atoms with Gasteiger partial charge in [-0.05, 0) is 18.4 Å². The summed E-state index contributed by atoms with van der Waals surface area (Å²) in [7, 11) is 1.33. The zero-order chi connectivity index (χ0) is 15.9. The van der Waals surface area contributed by atoms with Crippen LogP contribution in [0.1, 0.15) is 18.4 Å². The molecule has 0 spiro atoms. The van der Waals surface area contributed by atoms with E-state index in [4.69, 9.17) is 9.47 Å². The number of methoxy groups -OCH3 is 1. The van der Waals surface area contributed by atoms with Crippen LogP contribution in [0.15, 0.2) is 30.3 Å². The number of benzene rings is 1. The lowest BCUT2D eigenvalue weighted by Crippen LogP contribution is -2.50. The molecule has 1 N–H and O–H groups in total. The molecule has 0 aromatic heterocycles. The van der Waals surface area contributed by atoms with Gasteiger partial charge in [-0.1, -0.05) is 30.3 Å². The van der Waals surface area contributed by atoms with Gasteiger partial charge in [0, 0.05) is 6.54 Å². The molecule has 22 heavy (non-hydrogen) atoms. The molecule has 1 amide bonds. The maximum Gasteiger partial charge on any atom is 0.410 e. The summed E-state index contributed by atoms with van der Waals surface area (Å²) in [5.41, 5.74) is 0.887. The van der Waals surface area contributed by atoms with Gasteiger partial charge < -0.3 is 19.5 Å². The normalized spacial score (nSPS) is 21.3. The Morgan fingerprint density at radius 3 is 2.64 bits per heavy atom. The van der Waals surface area contributed by atoms with Gasteiger partial charge in [0.15, 0.2) is 0 Å². The Hall–Kier alpha value is -2.08. The van der Waals surface area contributed by atoms with E-state index in [9.17, 15) is 14.7 Å². The first-order chi connectivity index (χ1) is 10.7. The third-order valence-corrected chi connectivity index (χ3v) is 3.89. The fraction of sp³-hybridized carbons (Fsp3) is 0.500. The molecule has 1 aromatic rings. The zero-order valence-electron chi connectivity index (χ0n) is 12.6. The van der Waals surface area contributed by atoms with Crippen molar-refractivity contribution in [3.63, 3.8) is 0 Å². The Bertz CT molecular complexity index is 505. The molecule has 2 atom stereocenters. The Morgan fingerprint density at radius 2 is 2.00 bits per heavy atom. The molecule has 6 heteroatoms. The van der Waals surface area contributed by atoms with Crippen molar-refractivity contribution in [3.8, 4) is 0 Å². The molecule has 1 aromatic carbocycles. The number of nitrogens with zero attached hydrogens (tertiary/aromatic N) is 1. The summed E-state index contributed by atoms with van der Waals surface area (Å²) in [6.45, 7) is 0.233. The molecule has 0 radical (unpaired) electrons. The van der Waals surface area contributed by atoms with Crippen LogP contribution in [-0.2, 0) is 20.9 Å². The van der Waals surface area contributed by atoms with Gasteiger partial charge in [0.25, 0.3) is 0 Å². The third-order valence-electron chi connectivity index (χ3n) is 3.89. The van der Waals surface area contributed by atoms with Crippen molar-refractivity contribution in [1.29, 1.82) is 0 Å². The Labute approximate surface area is 129 Å². The van der Waals surface area contributed by atoms with Gasteiger partial charge >= 0.3 is 12.1 Å². The fourth-order valence-electron chi connectivity index (χ4n) is 2.60. The van der Waals surface area contributed by atoms with E-state index in [1.54, 1.807) is 0 Å². The van der Waals surface area contributed by atoms with E-state index in [0.29, 0.717) is 12.8 Å². The molecule has 0 aliphatic carbocycles. The van der Waals surface area contributed by atoms with Crippen molar-refractivity contribution in [2.24, 2.45) is 5.92 Å². The van der Waals surface area contributed by atoms with Gasteiger partial charge in [-0.2, -0.15) is 0 Å².